The van der Waals surface area contributed by atoms with Gasteiger partial charge in [-0.1, -0.05) is 32.9 Å². The molecule has 1 heterocycles. The van der Waals surface area contributed by atoms with Crippen molar-refractivity contribution < 1.29 is 14.4 Å². The zero-order valence-corrected chi connectivity index (χ0v) is 14.4. The first-order valence-electron chi connectivity index (χ1n) is 7.48. The monoisotopic (exact) mass is 307 g/mol. The van der Waals surface area contributed by atoms with Gasteiger partial charge in [0.25, 0.3) is 5.69 Å². The molecule has 0 unspecified atom stereocenters. The van der Waals surface area contributed by atoms with Crippen molar-refractivity contribution >= 4 is 5.69 Å². The van der Waals surface area contributed by atoms with Crippen molar-refractivity contribution in [1.82, 2.24) is 0 Å². The van der Waals surface area contributed by atoms with E-state index in [1.165, 1.54) is 6.07 Å². The van der Waals surface area contributed by atoms with Crippen molar-refractivity contribution in [3.63, 3.8) is 0 Å². The molecule has 5 heteroatoms. The molecule has 2 rings (SSSR count). The lowest BCUT2D eigenvalue weighted by molar-refractivity contribution is -0.385. The van der Waals surface area contributed by atoms with E-state index in [0.29, 0.717) is 5.56 Å². The minimum Gasteiger partial charge on any atom is -0.336 e. The van der Waals surface area contributed by atoms with Crippen LogP contribution in [0, 0.1) is 15.5 Å². The third kappa shape index (κ3) is 2.42. The van der Waals surface area contributed by atoms with E-state index >= 15 is 0 Å². The third-order valence-electron chi connectivity index (χ3n) is 4.67. The predicted octanol–water partition coefficient (Wildman–Crippen LogP) is 4.40. The normalized spacial score (nSPS) is 22.5. The van der Waals surface area contributed by atoms with E-state index in [1.54, 1.807) is 12.1 Å². The number of ether oxygens (including phenoxy) is 2. The summed E-state index contributed by atoms with van der Waals surface area (Å²) >= 11 is 0. The van der Waals surface area contributed by atoms with Crippen molar-refractivity contribution in [2.45, 2.75) is 65.5 Å². The van der Waals surface area contributed by atoms with Gasteiger partial charge in [0.05, 0.1) is 16.1 Å². The van der Waals surface area contributed by atoms with E-state index in [-0.39, 0.29) is 5.69 Å². The molecule has 0 saturated carbocycles. The van der Waals surface area contributed by atoms with E-state index in [0.717, 1.165) is 0 Å². The molecule has 1 aliphatic rings. The molecule has 1 aromatic carbocycles. The Morgan fingerprint density at radius 1 is 1.05 bits per heavy atom. The van der Waals surface area contributed by atoms with Crippen LogP contribution in [0.5, 0.6) is 0 Å². The van der Waals surface area contributed by atoms with Gasteiger partial charge < -0.3 is 9.47 Å². The number of nitrogens with zero attached hydrogens (tertiary/aromatic N) is 1. The van der Waals surface area contributed by atoms with Gasteiger partial charge in [0.1, 0.15) is 0 Å². The van der Waals surface area contributed by atoms with Gasteiger partial charge in [-0.25, -0.2) is 0 Å². The van der Waals surface area contributed by atoms with Gasteiger partial charge in [0, 0.05) is 23.1 Å². The Hall–Kier alpha value is -1.46. The summed E-state index contributed by atoms with van der Waals surface area (Å²) in [6, 6.07) is 6.52. The molecule has 0 radical (unpaired) electrons. The molecular formula is C17H25NO4. The van der Waals surface area contributed by atoms with Crippen LogP contribution in [0.25, 0.3) is 0 Å². The van der Waals surface area contributed by atoms with E-state index in [9.17, 15) is 10.1 Å². The zero-order chi connectivity index (χ0) is 17.0. The molecule has 5 nitrogen and oxygen atoms in total. The second-order valence-corrected chi connectivity index (χ2v) is 7.90. The average molecular weight is 307 g/mol. The summed E-state index contributed by atoms with van der Waals surface area (Å²) < 4.78 is 12.8. The number of rotatable bonds is 2. The SMILES string of the molecule is CC(C)(C)C1(c2cccc([N+](=O)[O-])c2)OC(C)(C)C(C)(C)O1. The van der Waals surface area contributed by atoms with Gasteiger partial charge in [-0.2, -0.15) is 0 Å². The quantitative estimate of drug-likeness (QED) is 0.600. The standard InChI is InChI=1S/C17H25NO4/c1-14(2,3)17(21-15(4,5)16(6,7)22-17)12-9-8-10-13(11-12)18(19)20/h8-11H,1-7H3. The summed E-state index contributed by atoms with van der Waals surface area (Å²) in [4.78, 5) is 10.7. The van der Waals surface area contributed by atoms with Crippen LogP contribution in [0.4, 0.5) is 5.69 Å². The van der Waals surface area contributed by atoms with Crippen molar-refractivity contribution in [1.29, 1.82) is 0 Å². The third-order valence-corrected chi connectivity index (χ3v) is 4.67. The fourth-order valence-electron chi connectivity index (χ4n) is 2.67. The summed E-state index contributed by atoms with van der Waals surface area (Å²) in [6.07, 6.45) is 0. The number of nitro benzene ring substituents is 1. The smallest absolute Gasteiger partial charge is 0.269 e. The molecule has 1 aromatic rings. The first-order chi connectivity index (χ1) is 9.82. The Labute approximate surface area is 131 Å². The number of benzene rings is 1. The summed E-state index contributed by atoms with van der Waals surface area (Å²) in [7, 11) is 0. The van der Waals surface area contributed by atoms with Crippen LogP contribution in [0.2, 0.25) is 0 Å². The van der Waals surface area contributed by atoms with Gasteiger partial charge in [-0.3, -0.25) is 10.1 Å². The first kappa shape index (κ1) is 16.9. The largest absolute Gasteiger partial charge is 0.336 e. The highest BCUT2D eigenvalue weighted by atomic mass is 16.8. The second-order valence-electron chi connectivity index (χ2n) is 7.90. The van der Waals surface area contributed by atoms with Crippen molar-refractivity contribution in [3.05, 3.63) is 39.9 Å². The maximum atomic E-state index is 11.1. The van der Waals surface area contributed by atoms with Crippen molar-refractivity contribution in [2.75, 3.05) is 0 Å². The molecule has 0 amide bonds. The molecule has 122 valence electrons. The van der Waals surface area contributed by atoms with Crippen LogP contribution < -0.4 is 0 Å². The summed E-state index contributed by atoms with van der Waals surface area (Å²) in [5, 5.41) is 11.1. The van der Waals surface area contributed by atoms with Gasteiger partial charge >= 0.3 is 0 Å². The summed E-state index contributed by atoms with van der Waals surface area (Å²) in [6.45, 7) is 14.0. The minimum atomic E-state index is -1.04. The molecule has 1 saturated heterocycles. The Balaban J connectivity index is 2.64. The Morgan fingerprint density at radius 2 is 1.55 bits per heavy atom. The molecule has 0 bridgehead atoms. The van der Waals surface area contributed by atoms with Gasteiger partial charge in [-0.15, -0.1) is 0 Å². The maximum absolute atomic E-state index is 11.1. The lowest BCUT2D eigenvalue weighted by Gasteiger charge is -2.41. The lowest BCUT2D eigenvalue weighted by Crippen LogP contribution is -2.42. The fraction of sp³-hybridized carbons (Fsp3) is 0.647. The van der Waals surface area contributed by atoms with Gasteiger partial charge in [0.15, 0.2) is 0 Å². The van der Waals surface area contributed by atoms with Crippen LogP contribution >= 0.6 is 0 Å². The minimum absolute atomic E-state index is 0.0378. The highest BCUT2D eigenvalue weighted by Gasteiger charge is 2.62. The van der Waals surface area contributed by atoms with Crippen LogP contribution in [0.3, 0.4) is 0 Å². The van der Waals surface area contributed by atoms with Crippen LogP contribution in [0.15, 0.2) is 24.3 Å². The lowest BCUT2D eigenvalue weighted by atomic mass is 9.80. The maximum Gasteiger partial charge on any atom is 0.269 e. The zero-order valence-electron chi connectivity index (χ0n) is 14.4. The Kier molecular flexibility index (Phi) is 3.66. The molecule has 0 aliphatic carbocycles. The number of non-ortho nitro benzene ring substituents is 1. The molecule has 22 heavy (non-hydrogen) atoms. The van der Waals surface area contributed by atoms with Crippen LogP contribution in [-0.2, 0) is 15.3 Å². The molecule has 0 atom stereocenters. The molecule has 0 aromatic heterocycles. The highest BCUT2D eigenvalue weighted by Crippen LogP contribution is 2.56. The molecule has 0 N–H and O–H groups in total. The van der Waals surface area contributed by atoms with Gasteiger partial charge in [-0.05, 0) is 27.7 Å². The molecule has 0 spiro atoms. The average Bonchev–Trinajstić information content (AvgIpc) is 2.56. The highest BCUT2D eigenvalue weighted by molar-refractivity contribution is 5.38. The van der Waals surface area contributed by atoms with Gasteiger partial charge in [0.2, 0.25) is 5.79 Å². The number of hydrogen-bond donors (Lipinski definition) is 0. The van der Waals surface area contributed by atoms with Crippen LogP contribution in [-0.4, -0.2) is 16.1 Å². The molecule has 1 aliphatic heterocycles. The Morgan fingerprint density at radius 3 is 1.95 bits per heavy atom. The first-order valence-corrected chi connectivity index (χ1v) is 7.48. The van der Waals surface area contributed by atoms with E-state index in [4.69, 9.17) is 9.47 Å². The van der Waals surface area contributed by atoms with E-state index < -0.39 is 27.3 Å². The molecule has 1 fully saturated rings. The van der Waals surface area contributed by atoms with E-state index in [1.807, 2.05) is 54.5 Å². The van der Waals surface area contributed by atoms with E-state index in [2.05, 4.69) is 0 Å². The van der Waals surface area contributed by atoms with Crippen LogP contribution in [0.1, 0.15) is 54.0 Å². The molecular weight excluding hydrogens is 282 g/mol. The fourth-order valence-corrected chi connectivity index (χ4v) is 2.67. The predicted molar refractivity (Wildman–Crippen MR) is 84.6 cm³/mol. The topological polar surface area (TPSA) is 61.6 Å². The van der Waals surface area contributed by atoms with Crippen molar-refractivity contribution in [2.24, 2.45) is 5.41 Å². The van der Waals surface area contributed by atoms with Crippen molar-refractivity contribution in [3.8, 4) is 0 Å². The summed E-state index contributed by atoms with van der Waals surface area (Å²) in [5.74, 6) is -1.04. The Bertz CT molecular complexity index is 583. The second kappa shape index (κ2) is 4.77. The summed E-state index contributed by atoms with van der Waals surface area (Å²) in [5.41, 5.74) is -0.730. The number of hydrogen-bond acceptors (Lipinski definition) is 4. The number of nitro groups is 1.